The molecule has 1 aromatic heterocycles. The third kappa shape index (κ3) is 4.48. The zero-order chi connectivity index (χ0) is 20.3. The van der Waals surface area contributed by atoms with Gasteiger partial charge in [-0.2, -0.15) is 0 Å². The summed E-state index contributed by atoms with van der Waals surface area (Å²) in [6, 6.07) is 12.8. The summed E-state index contributed by atoms with van der Waals surface area (Å²) in [4.78, 5) is 6.72. The Morgan fingerprint density at radius 2 is 1.86 bits per heavy atom. The fourth-order valence-corrected chi connectivity index (χ4v) is 4.19. The highest BCUT2D eigenvalue weighted by molar-refractivity contribution is 8.25. The van der Waals surface area contributed by atoms with Crippen molar-refractivity contribution in [2.24, 2.45) is 0 Å². The molecule has 0 bridgehead atoms. The second kappa shape index (κ2) is 8.24. The number of hydrogen-bond donors (Lipinski definition) is 3. The number of aromatic nitrogens is 1. The van der Waals surface area contributed by atoms with Crippen LogP contribution in [-0.4, -0.2) is 47.3 Å². The molecule has 7 nitrogen and oxygen atoms in total. The first-order valence-electron chi connectivity index (χ1n) is 8.64. The van der Waals surface area contributed by atoms with Crippen LogP contribution in [0.4, 0.5) is 5.69 Å². The van der Waals surface area contributed by atoms with E-state index in [4.69, 9.17) is 9.47 Å². The Morgan fingerprint density at radius 1 is 1.07 bits per heavy atom. The average molecular weight is 406 g/mol. The van der Waals surface area contributed by atoms with E-state index in [9.17, 15) is 9.11 Å². The van der Waals surface area contributed by atoms with E-state index in [1.165, 1.54) is 14.2 Å². The van der Waals surface area contributed by atoms with E-state index in [0.717, 1.165) is 23.0 Å². The molecule has 0 radical (unpaired) electrons. The van der Waals surface area contributed by atoms with Crippen molar-refractivity contribution in [3.63, 3.8) is 0 Å². The van der Waals surface area contributed by atoms with E-state index >= 15 is 0 Å². The summed E-state index contributed by atoms with van der Waals surface area (Å²) in [6.45, 7) is 0.809. The van der Waals surface area contributed by atoms with Gasteiger partial charge in [0.1, 0.15) is 16.4 Å². The molecule has 0 aliphatic heterocycles. The number of ether oxygens (including phenoxy) is 2. The summed E-state index contributed by atoms with van der Waals surface area (Å²) in [6.07, 6.45) is 1.58. The summed E-state index contributed by atoms with van der Waals surface area (Å²) < 4.78 is 34.8. The lowest BCUT2D eigenvalue weighted by molar-refractivity contribution is 0.388. The maximum absolute atomic E-state index is 10.8. The molecular weight excluding hydrogens is 378 g/mol. The van der Waals surface area contributed by atoms with E-state index in [0.29, 0.717) is 17.2 Å². The van der Waals surface area contributed by atoms with Crippen LogP contribution in [0.5, 0.6) is 11.5 Å². The van der Waals surface area contributed by atoms with E-state index in [-0.39, 0.29) is 6.32 Å². The third-order valence-electron chi connectivity index (χ3n) is 4.18. The van der Waals surface area contributed by atoms with Crippen LogP contribution in [0.2, 0.25) is 0 Å². The molecule has 3 aromatic rings. The van der Waals surface area contributed by atoms with Crippen molar-refractivity contribution in [3.8, 4) is 11.5 Å². The Bertz CT molecular complexity index is 985. The number of anilines is 1. The summed E-state index contributed by atoms with van der Waals surface area (Å²) in [5.74, 6) is 0.859. The van der Waals surface area contributed by atoms with Crippen molar-refractivity contribution in [3.05, 3.63) is 54.2 Å². The molecule has 3 N–H and O–H groups in total. The SMILES string of the molecule is COc1ccc(OC)c(S(O)(O)Nc2cnc3ccc(CN(C)C)cc3c2)c1.[HH]. The van der Waals surface area contributed by atoms with Crippen LogP contribution < -0.4 is 14.2 Å². The molecule has 0 amide bonds. The summed E-state index contributed by atoms with van der Waals surface area (Å²) in [5, 5.41) is 0.914. The second-order valence-electron chi connectivity index (χ2n) is 6.66. The first-order valence-corrected chi connectivity index (χ1v) is 10.2. The van der Waals surface area contributed by atoms with Gasteiger partial charge in [0.15, 0.2) is 0 Å². The molecule has 0 unspecified atom stereocenters. The molecule has 0 atom stereocenters. The van der Waals surface area contributed by atoms with Gasteiger partial charge in [0.05, 0.1) is 31.6 Å². The molecule has 2 aromatic carbocycles. The fourth-order valence-electron chi connectivity index (χ4n) is 2.93. The van der Waals surface area contributed by atoms with Gasteiger partial charge in [-0.3, -0.25) is 18.8 Å². The Morgan fingerprint density at radius 3 is 2.54 bits per heavy atom. The van der Waals surface area contributed by atoms with Gasteiger partial charge in [-0.05, 0) is 50.0 Å². The molecule has 0 saturated carbocycles. The zero-order valence-electron chi connectivity index (χ0n) is 16.3. The normalized spacial score (nSPS) is 12.2. The molecule has 152 valence electrons. The largest absolute Gasteiger partial charge is 0.497 e. The Balaban J connectivity index is 0.00000300. The van der Waals surface area contributed by atoms with Gasteiger partial charge in [0.25, 0.3) is 0 Å². The highest BCUT2D eigenvalue weighted by atomic mass is 32.3. The van der Waals surface area contributed by atoms with Gasteiger partial charge in [-0.25, -0.2) is 0 Å². The molecule has 0 aliphatic rings. The zero-order valence-corrected chi connectivity index (χ0v) is 17.2. The second-order valence-corrected chi connectivity index (χ2v) is 8.40. The molecule has 8 heteroatoms. The van der Waals surface area contributed by atoms with Gasteiger partial charge in [-0.15, -0.1) is 0 Å². The van der Waals surface area contributed by atoms with Crippen LogP contribution in [0, 0.1) is 0 Å². The van der Waals surface area contributed by atoms with E-state index < -0.39 is 10.8 Å². The minimum absolute atomic E-state index is 0. The minimum atomic E-state index is -3.39. The lowest BCUT2D eigenvalue weighted by atomic mass is 10.1. The van der Waals surface area contributed by atoms with Gasteiger partial charge < -0.3 is 14.4 Å². The number of nitrogens with one attached hydrogen (secondary N) is 1. The van der Waals surface area contributed by atoms with E-state index in [1.54, 1.807) is 24.4 Å². The number of nitrogens with zero attached hydrogens (tertiary/aromatic N) is 2. The first-order chi connectivity index (χ1) is 13.3. The lowest BCUT2D eigenvalue weighted by Crippen LogP contribution is -2.11. The van der Waals surface area contributed by atoms with Crippen LogP contribution in [0.3, 0.4) is 0 Å². The topological polar surface area (TPSA) is 87.1 Å². The van der Waals surface area contributed by atoms with Gasteiger partial charge >= 0.3 is 0 Å². The Labute approximate surface area is 167 Å². The van der Waals surface area contributed by atoms with E-state index in [1.807, 2.05) is 38.4 Å². The van der Waals surface area contributed by atoms with Gasteiger partial charge in [0, 0.05) is 19.4 Å². The average Bonchev–Trinajstić information content (AvgIpc) is 2.66. The van der Waals surface area contributed by atoms with Crippen LogP contribution in [0.1, 0.15) is 6.99 Å². The molecule has 28 heavy (non-hydrogen) atoms. The number of benzene rings is 2. The van der Waals surface area contributed by atoms with Crippen LogP contribution in [0.15, 0.2) is 53.6 Å². The van der Waals surface area contributed by atoms with Crippen molar-refractivity contribution in [2.45, 2.75) is 11.4 Å². The standard InChI is InChI=1S/C20H25N3O4S.H2/c1-23(2)13-14-5-7-18-15(9-14)10-16(12-21-18)22-28(24,25)20-11-17(26-3)6-8-19(20)27-4;/h5-12,22,24-25H,13H2,1-4H3;1H. The van der Waals surface area contributed by atoms with Crippen molar-refractivity contribution in [1.29, 1.82) is 0 Å². The molecule has 1 heterocycles. The highest BCUT2D eigenvalue weighted by Gasteiger charge is 2.22. The Hall–Kier alpha value is -2.52. The summed E-state index contributed by atoms with van der Waals surface area (Å²) >= 11 is 0. The minimum Gasteiger partial charge on any atom is -0.497 e. The number of pyridine rings is 1. The molecule has 0 fully saturated rings. The highest BCUT2D eigenvalue weighted by Crippen LogP contribution is 2.53. The fraction of sp³-hybridized carbons (Fsp3) is 0.250. The lowest BCUT2D eigenvalue weighted by Gasteiger charge is -2.34. The predicted octanol–water partition coefficient (Wildman–Crippen LogP) is 4.70. The monoisotopic (exact) mass is 405 g/mol. The van der Waals surface area contributed by atoms with Crippen molar-refractivity contribution in [2.75, 3.05) is 33.0 Å². The number of methoxy groups -OCH3 is 2. The first kappa shape index (κ1) is 20.2. The Kier molecular flexibility index (Phi) is 5.95. The van der Waals surface area contributed by atoms with Crippen LogP contribution >= 0.6 is 10.8 Å². The maximum Gasteiger partial charge on any atom is 0.144 e. The molecular formula is C20H27N3O4S. The maximum atomic E-state index is 10.8. The number of hydrogen-bond acceptors (Lipinski definition) is 7. The quantitative estimate of drug-likeness (QED) is 0.525. The molecule has 0 aliphatic carbocycles. The smallest absolute Gasteiger partial charge is 0.144 e. The summed E-state index contributed by atoms with van der Waals surface area (Å²) in [5.41, 5.74) is 2.49. The molecule has 0 saturated heterocycles. The summed E-state index contributed by atoms with van der Waals surface area (Å²) in [7, 11) is 3.63. The van der Waals surface area contributed by atoms with Gasteiger partial charge in [-0.1, -0.05) is 16.8 Å². The number of rotatable bonds is 7. The van der Waals surface area contributed by atoms with Crippen molar-refractivity contribution >= 4 is 27.4 Å². The molecule has 3 rings (SSSR count). The predicted molar refractivity (Wildman–Crippen MR) is 116 cm³/mol. The van der Waals surface area contributed by atoms with Crippen LogP contribution in [-0.2, 0) is 6.54 Å². The number of fused-ring (bicyclic) bond motifs is 1. The third-order valence-corrected chi connectivity index (χ3v) is 5.63. The van der Waals surface area contributed by atoms with Gasteiger partial charge in [0.2, 0.25) is 0 Å². The van der Waals surface area contributed by atoms with E-state index in [2.05, 4.69) is 14.6 Å². The van der Waals surface area contributed by atoms with Crippen molar-refractivity contribution in [1.82, 2.24) is 9.88 Å². The molecule has 0 spiro atoms. The van der Waals surface area contributed by atoms with Crippen molar-refractivity contribution < 1.29 is 20.0 Å². The van der Waals surface area contributed by atoms with Crippen LogP contribution in [0.25, 0.3) is 10.9 Å².